The average molecular weight is 412 g/mol. The van der Waals surface area contributed by atoms with E-state index in [4.69, 9.17) is 4.74 Å². The van der Waals surface area contributed by atoms with Crippen LogP contribution in [-0.4, -0.2) is 39.7 Å². The molecule has 0 aromatic carbocycles. The summed E-state index contributed by atoms with van der Waals surface area (Å²) in [6.45, 7) is 2.12. The second-order valence-electron chi connectivity index (χ2n) is 6.37. The van der Waals surface area contributed by atoms with Gasteiger partial charge in [0.2, 0.25) is 5.88 Å². The van der Waals surface area contributed by atoms with Gasteiger partial charge in [-0.25, -0.2) is 18.4 Å². The minimum Gasteiger partial charge on any atom is -0.470 e. The van der Waals surface area contributed by atoms with Crippen LogP contribution in [-0.2, 0) is 20.1 Å². The summed E-state index contributed by atoms with van der Waals surface area (Å²) in [6.07, 6.45) is 2.86. The molecule has 4 heterocycles. The van der Waals surface area contributed by atoms with E-state index in [0.29, 0.717) is 28.8 Å². The van der Waals surface area contributed by atoms with E-state index in [2.05, 4.69) is 30.5 Å². The van der Waals surface area contributed by atoms with Crippen molar-refractivity contribution < 1.29 is 13.5 Å². The van der Waals surface area contributed by atoms with Crippen LogP contribution in [0.15, 0.2) is 42.9 Å². The molecule has 11 heteroatoms. The fourth-order valence-corrected chi connectivity index (χ4v) is 2.88. The van der Waals surface area contributed by atoms with Crippen LogP contribution in [0.1, 0.15) is 30.4 Å². The summed E-state index contributed by atoms with van der Waals surface area (Å²) in [7, 11) is 1.71. The van der Waals surface area contributed by atoms with Gasteiger partial charge in [-0.1, -0.05) is 12.1 Å². The Bertz CT molecular complexity index is 1120. The summed E-state index contributed by atoms with van der Waals surface area (Å²) in [5, 5.41) is 16.3. The molecule has 0 fully saturated rings. The molecule has 0 amide bonds. The molecule has 0 saturated heterocycles. The zero-order valence-electron chi connectivity index (χ0n) is 16.3. The number of hydrogen-bond donors (Lipinski definition) is 0. The highest BCUT2D eigenvalue weighted by molar-refractivity contribution is 5.56. The maximum Gasteiger partial charge on any atom is 0.265 e. The highest BCUT2D eigenvalue weighted by Crippen LogP contribution is 2.23. The van der Waals surface area contributed by atoms with Crippen molar-refractivity contribution in [1.82, 2.24) is 39.7 Å². The van der Waals surface area contributed by atoms with Crippen LogP contribution in [0.5, 0.6) is 5.88 Å². The molecule has 0 atom stereocenters. The van der Waals surface area contributed by atoms with E-state index in [1.165, 1.54) is 12.1 Å². The van der Waals surface area contributed by atoms with Gasteiger partial charge in [0.15, 0.2) is 5.82 Å². The van der Waals surface area contributed by atoms with Crippen molar-refractivity contribution in [2.75, 3.05) is 0 Å². The summed E-state index contributed by atoms with van der Waals surface area (Å²) >= 11 is 0. The number of rotatable bonds is 7. The lowest BCUT2D eigenvalue weighted by Gasteiger charge is -2.08. The van der Waals surface area contributed by atoms with Crippen LogP contribution in [0.4, 0.5) is 8.78 Å². The van der Waals surface area contributed by atoms with Crippen LogP contribution in [0.2, 0.25) is 0 Å². The Morgan fingerprint density at radius 3 is 2.60 bits per heavy atom. The molecule has 0 radical (unpaired) electrons. The van der Waals surface area contributed by atoms with Crippen LogP contribution >= 0.6 is 0 Å². The van der Waals surface area contributed by atoms with Gasteiger partial charge in [-0.2, -0.15) is 0 Å². The largest absolute Gasteiger partial charge is 0.470 e. The molecule has 30 heavy (non-hydrogen) atoms. The molecule has 0 bridgehead atoms. The summed E-state index contributed by atoms with van der Waals surface area (Å²) in [5.74, 6) is 1.85. The molecule has 0 saturated carbocycles. The van der Waals surface area contributed by atoms with Gasteiger partial charge in [-0.15, -0.1) is 15.3 Å². The number of nitrogens with zero attached hydrogens (tertiary/aromatic N) is 8. The van der Waals surface area contributed by atoms with Gasteiger partial charge < -0.3 is 4.74 Å². The lowest BCUT2D eigenvalue weighted by Crippen LogP contribution is -2.07. The number of halogens is 2. The minimum absolute atomic E-state index is 0.108. The first-order valence-electron chi connectivity index (χ1n) is 9.19. The molecule has 4 aromatic rings. The van der Waals surface area contributed by atoms with E-state index >= 15 is 0 Å². The fraction of sp³-hybridized carbons (Fsp3) is 0.263. The highest BCUT2D eigenvalue weighted by Gasteiger charge is 2.16. The third-order valence-electron chi connectivity index (χ3n) is 4.49. The number of aryl methyl sites for hydroxylation is 2. The first kappa shape index (κ1) is 19.6. The zero-order valence-corrected chi connectivity index (χ0v) is 16.3. The Morgan fingerprint density at radius 2 is 1.93 bits per heavy atom. The van der Waals surface area contributed by atoms with Gasteiger partial charge in [0.1, 0.15) is 23.8 Å². The average Bonchev–Trinajstić information content (AvgIpc) is 3.39. The lowest BCUT2D eigenvalue weighted by molar-refractivity contribution is 0.151. The smallest absolute Gasteiger partial charge is 0.265 e. The Hall–Kier alpha value is -3.76. The molecule has 154 valence electrons. The summed E-state index contributed by atoms with van der Waals surface area (Å²) in [5.41, 5.74) is 1.36. The number of imidazole rings is 1. The monoisotopic (exact) mass is 412 g/mol. The highest BCUT2D eigenvalue weighted by atomic mass is 19.3. The SMILES string of the molecule is CCc1nccn1-c1ccc(OCc2c(-c3ccc(C(F)F)cn3)nnn2C)nn1. The minimum atomic E-state index is -2.58. The predicted molar refractivity (Wildman–Crippen MR) is 102 cm³/mol. The number of alkyl halides is 2. The Morgan fingerprint density at radius 1 is 1.07 bits per heavy atom. The third-order valence-corrected chi connectivity index (χ3v) is 4.49. The molecule has 4 rings (SSSR count). The number of hydrogen-bond acceptors (Lipinski definition) is 7. The fourth-order valence-electron chi connectivity index (χ4n) is 2.88. The zero-order chi connectivity index (χ0) is 21.1. The molecular weight excluding hydrogens is 394 g/mol. The van der Waals surface area contributed by atoms with E-state index in [0.717, 1.165) is 18.4 Å². The Balaban J connectivity index is 1.50. The lowest BCUT2D eigenvalue weighted by atomic mass is 10.2. The summed E-state index contributed by atoms with van der Waals surface area (Å²) < 4.78 is 34.6. The third kappa shape index (κ3) is 3.86. The second kappa shape index (κ2) is 8.31. The molecule has 0 spiro atoms. The summed E-state index contributed by atoms with van der Waals surface area (Å²) in [4.78, 5) is 8.33. The first-order chi connectivity index (χ1) is 14.6. The van der Waals surface area contributed by atoms with E-state index in [9.17, 15) is 8.78 Å². The van der Waals surface area contributed by atoms with Gasteiger partial charge in [0, 0.05) is 43.7 Å². The van der Waals surface area contributed by atoms with Gasteiger partial charge in [0.05, 0.1) is 5.69 Å². The van der Waals surface area contributed by atoms with E-state index in [-0.39, 0.29) is 12.2 Å². The normalized spacial score (nSPS) is 11.2. The van der Waals surface area contributed by atoms with Crippen molar-refractivity contribution in [3.05, 3.63) is 59.9 Å². The quantitative estimate of drug-likeness (QED) is 0.460. The van der Waals surface area contributed by atoms with Crippen molar-refractivity contribution in [2.24, 2.45) is 7.05 Å². The van der Waals surface area contributed by atoms with Crippen LogP contribution < -0.4 is 4.74 Å². The summed E-state index contributed by atoms with van der Waals surface area (Å²) in [6, 6.07) is 6.30. The van der Waals surface area contributed by atoms with Gasteiger partial charge in [0.25, 0.3) is 6.43 Å². The Labute approximate surface area is 170 Å². The van der Waals surface area contributed by atoms with Gasteiger partial charge in [-0.3, -0.25) is 9.55 Å². The van der Waals surface area contributed by atoms with Crippen LogP contribution in [0, 0.1) is 0 Å². The predicted octanol–water partition coefficient (Wildman–Crippen LogP) is 2.93. The van der Waals surface area contributed by atoms with E-state index in [1.54, 1.807) is 30.1 Å². The molecule has 0 aliphatic carbocycles. The van der Waals surface area contributed by atoms with Crippen molar-refractivity contribution in [1.29, 1.82) is 0 Å². The Kier molecular flexibility index (Phi) is 5.42. The molecule has 0 aliphatic heterocycles. The molecule has 9 nitrogen and oxygen atoms in total. The molecular formula is C19H18F2N8O. The maximum atomic E-state index is 12.7. The molecule has 0 N–H and O–H groups in total. The van der Waals surface area contributed by atoms with E-state index < -0.39 is 6.43 Å². The van der Waals surface area contributed by atoms with Crippen LogP contribution in [0.25, 0.3) is 17.2 Å². The van der Waals surface area contributed by atoms with Crippen molar-refractivity contribution in [3.63, 3.8) is 0 Å². The van der Waals surface area contributed by atoms with Gasteiger partial charge in [-0.05, 0) is 18.2 Å². The van der Waals surface area contributed by atoms with Gasteiger partial charge >= 0.3 is 0 Å². The van der Waals surface area contributed by atoms with Crippen molar-refractivity contribution in [2.45, 2.75) is 26.4 Å². The topological polar surface area (TPSA) is 96.4 Å². The second-order valence-corrected chi connectivity index (χ2v) is 6.37. The number of ether oxygens (including phenoxy) is 1. The standard InChI is InChI=1S/C19H18F2N8O/c1-3-15-22-8-9-29(15)16-6-7-17(25-24-16)30-11-14-18(26-27-28(14)2)13-5-4-12(10-23-13)19(20)21/h4-10,19H,3,11H2,1-2H3. The van der Waals surface area contributed by atoms with Crippen LogP contribution in [0.3, 0.4) is 0 Å². The maximum absolute atomic E-state index is 12.7. The first-order valence-corrected chi connectivity index (χ1v) is 9.19. The van der Waals surface area contributed by atoms with Crippen molar-refractivity contribution >= 4 is 0 Å². The van der Waals surface area contributed by atoms with E-state index in [1.807, 2.05) is 17.7 Å². The number of aromatic nitrogens is 8. The molecule has 0 unspecified atom stereocenters. The number of pyridine rings is 1. The van der Waals surface area contributed by atoms with Crippen molar-refractivity contribution in [3.8, 4) is 23.1 Å². The molecule has 0 aliphatic rings. The molecule has 4 aromatic heterocycles.